The maximum absolute atomic E-state index is 6.77. The van der Waals surface area contributed by atoms with Gasteiger partial charge in [0.05, 0.1) is 62.0 Å². The number of benzene rings is 1. The molecule has 5 aliphatic heterocycles. The van der Waals surface area contributed by atoms with Crippen molar-refractivity contribution in [1.82, 2.24) is 42.5 Å². The predicted molar refractivity (Wildman–Crippen MR) is 207 cm³/mol. The summed E-state index contributed by atoms with van der Waals surface area (Å²) in [5, 5.41) is 34.1. The molecule has 8 bridgehead atoms. The smallest absolute Gasteiger partial charge is 0.0645 e. The van der Waals surface area contributed by atoms with Crippen molar-refractivity contribution in [2.75, 3.05) is 24.6 Å². The Hall–Kier alpha value is -0.717. The zero-order valence-electron chi connectivity index (χ0n) is 32.5. The minimum Gasteiger partial charge on any atom is -0.376 e. The number of rotatable bonds is 6. The molecule has 4 aliphatic carbocycles. The summed E-state index contributed by atoms with van der Waals surface area (Å²) in [6, 6.07) is 10.8. The largest absolute Gasteiger partial charge is 0.376 e. The minimum atomic E-state index is 0. The zero-order valence-corrected chi connectivity index (χ0v) is 35.5. The van der Waals surface area contributed by atoms with Crippen molar-refractivity contribution >= 4 is 5.69 Å². The molecule has 0 radical (unpaired) electrons. The van der Waals surface area contributed by atoms with Gasteiger partial charge in [-0.05, 0) is 124 Å². The van der Waals surface area contributed by atoms with Crippen LogP contribution < -0.4 is 47.4 Å². The Balaban J connectivity index is 0.00000372. The second kappa shape index (κ2) is 16.6. The van der Waals surface area contributed by atoms with Gasteiger partial charge in [-0.25, -0.2) is 0 Å². The first-order valence-electron chi connectivity index (χ1n) is 22.2. The third kappa shape index (κ3) is 7.45. The van der Waals surface area contributed by atoms with Crippen molar-refractivity contribution in [3.05, 3.63) is 30.3 Å². The number of fused-ring (bicyclic) bond motifs is 20. The molecule has 9 aliphatic rings. The Morgan fingerprint density at radius 3 is 1.23 bits per heavy atom. The number of para-hydroxylation sites is 1. The van der Waals surface area contributed by atoms with Gasteiger partial charge in [0.25, 0.3) is 0 Å². The number of likely N-dealkylation sites (N-methyl/N-ethyl adjacent to an activating group) is 1. The van der Waals surface area contributed by atoms with Crippen LogP contribution in [-0.4, -0.2) is 75.1 Å². The Kier molecular flexibility index (Phi) is 11.9. The van der Waals surface area contributed by atoms with Crippen molar-refractivity contribution < 1.29 is 24.2 Å². The molecule has 10 nitrogen and oxygen atoms in total. The van der Waals surface area contributed by atoms with E-state index in [9.17, 15) is 0 Å². The van der Waals surface area contributed by atoms with E-state index in [1.165, 1.54) is 89.2 Å². The molecule has 17 atom stereocenters. The molecular weight excluding hydrogens is 712 g/mol. The molecular formula is C42H69N9OZn. The average Bonchev–Trinajstić information content (AvgIpc) is 3.92. The Bertz CT molecular complexity index is 1340. The number of hydrogen-bond acceptors (Lipinski definition) is 10. The van der Waals surface area contributed by atoms with E-state index in [2.05, 4.69) is 84.7 Å². The fourth-order valence-electron chi connectivity index (χ4n) is 13.5. The van der Waals surface area contributed by atoms with Gasteiger partial charge in [-0.2, -0.15) is 0 Å². The number of nitrogens with zero attached hydrogens (tertiary/aromatic N) is 1. The Morgan fingerprint density at radius 1 is 0.491 bits per heavy atom. The van der Waals surface area contributed by atoms with Gasteiger partial charge in [0.15, 0.2) is 0 Å². The van der Waals surface area contributed by atoms with Crippen LogP contribution in [0.2, 0.25) is 0 Å². The molecule has 1 aromatic rings. The first kappa shape index (κ1) is 37.8. The SMILES string of the molecule is CCN(CCOC1CCC2C3NC4NC(NC5NC(NC6NC(NC(N3)C2C1)C1CCCCC61)C1CCCCC51)C1CCCCC41)c1ccccc1.[Zn]. The van der Waals surface area contributed by atoms with Gasteiger partial charge < -0.3 is 9.64 Å². The average molecular weight is 781 g/mol. The third-order valence-electron chi connectivity index (χ3n) is 16.0. The van der Waals surface area contributed by atoms with Crippen LogP contribution in [0.25, 0.3) is 0 Å². The monoisotopic (exact) mass is 779 g/mol. The second-order valence-corrected chi connectivity index (χ2v) is 18.5. The van der Waals surface area contributed by atoms with Crippen LogP contribution in [-0.2, 0) is 24.2 Å². The van der Waals surface area contributed by atoms with E-state index in [0.717, 1.165) is 38.5 Å². The van der Waals surface area contributed by atoms with Crippen molar-refractivity contribution in [3.63, 3.8) is 0 Å². The number of ether oxygens (including phenoxy) is 1. The quantitative estimate of drug-likeness (QED) is 0.201. The molecule has 0 aromatic heterocycles. The molecule has 0 amide bonds. The summed E-state index contributed by atoms with van der Waals surface area (Å²) >= 11 is 0. The van der Waals surface area contributed by atoms with Gasteiger partial charge in [0, 0.05) is 38.3 Å². The summed E-state index contributed by atoms with van der Waals surface area (Å²) in [4.78, 5) is 2.45. The summed E-state index contributed by atoms with van der Waals surface area (Å²) < 4.78 is 6.77. The number of anilines is 1. The Labute approximate surface area is 332 Å². The summed E-state index contributed by atoms with van der Waals surface area (Å²) in [7, 11) is 0. The summed E-state index contributed by atoms with van der Waals surface area (Å²) in [5.41, 5.74) is 1.30. The third-order valence-corrected chi connectivity index (χ3v) is 16.0. The minimum absolute atomic E-state index is 0. The van der Waals surface area contributed by atoms with Crippen molar-refractivity contribution in [3.8, 4) is 0 Å². The van der Waals surface area contributed by atoms with Crippen LogP contribution in [0.3, 0.4) is 0 Å². The Morgan fingerprint density at radius 2 is 0.849 bits per heavy atom. The van der Waals surface area contributed by atoms with E-state index in [-0.39, 0.29) is 25.6 Å². The molecule has 10 rings (SSSR count). The predicted octanol–water partition coefficient (Wildman–Crippen LogP) is 4.12. The van der Waals surface area contributed by atoms with E-state index in [0.29, 0.717) is 90.7 Å². The fourth-order valence-corrected chi connectivity index (χ4v) is 13.5. The van der Waals surface area contributed by atoms with Crippen molar-refractivity contribution in [1.29, 1.82) is 0 Å². The van der Waals surface area contributed by atoms with E-state index < -0.39 is 0 Å². The number of hydrogen-bond donors (Lipinski definition) is 8. The van der Waals surface area contributed by atoms with E-state index >= 15 is 0 Å². The molecule has 4 saturated carbocycles. The van der Waals surface area contributed by atoms with E-state index in [1.807, 2.05) is 0 Å². The molecule has 53 heavy (non-hydrogen) atoms. The molecule has 17 unspecified atom stereocenters. The van der Waals surface area contributed by atoms with Gasteiger partial charge in [0.1, 0.15) is 0 Å². The zero-order chi connectivity index (χ0) is 34.6. The fraction of sp³-hybridized carbons (Fsp3) is 0.857. The standard InChI is InChI=1S/C42H69N9O.Zn/c1-2-51(25-12-4-3-5-13-25)22-23-52-26-20-21-33-34(24-26)42-49-40-32-19-11-10-18-31(32)38(47-40)45-36-28-15-7-6-14-27(28)35(43-36)44-37-29-16-8-9-17-30(29)39(46-37)48-41(33)50-42;/h3-5,12-13,26-50H,2,6-11,14-24H2,1H3;. The van der Waals surface area contributed by atoms with Crippen LogP contribution in [0.15, 0.2) is 30.3 Å². The van der Waals surface area contributed by atoms with Gasteiger partial charge >= 0.3 is 0 Å². The normalized spacial score (nSPS) is 47.5. The van der Waals surface area contributed by atoms with Crippen LogP contribution >= 0.6 is 0 Å². The maximum Gasteiger partial charge on any atom is 0.0645 e. The van der Waals surface area contributed by atoms with Crippen molar-refractivity contribution in [2.24, 2.45) is 47.3 Å². The number of nitrogens with one attached hydrogen (secondary N) is 8. The van der Waals surface area contributed by atoms with E-state index in [1.54, 1.807) is 0 Å². The van der Waals surface area contributed by atoms with Crippen LogP contribution in [0.5, 0.6) is 0 Å². The molecule has 5 heterocycles. The summed E-state index contributed by atoms with van der Waals surface area (Å²) in [6.45, 7) is 5.00. The molecule has 11 heteroatoms. The van der Waals surface area contributed by atoms with Crippen LogP contribution in [0.1, 0.15) is 103 Å². The van der Waals surface area contributed by atoms with E-state index in [4.69, 9.17) is 4.74 Å². The second-order valence-electron chi connectivity index (χ2n) is 18.5. The first-order valence-corrected chi connectivity index (χ1v) is 22.2. The molecule has 0 spiro atoms. The molecule has 1 aromatic carbocycles. The van der Waals surface area contributed by atoms with Gasteiger partial charge in [-0.3, -0.25) is 42.5 Å². The van der Waals surface area contributed by atoms with Crippen LogP contribution in [0, 0.1) is 47.3 Å². The maximum atomic E-state index is 6.77. The van der Waals surface area contributed by atoms with Gasteiger partial charge in [0.2, 0.25) is 0 Å². The molecule has 290 valence electrons. The molecule has 5 saturated heterocycles. The summed E-state index contributed by atoms with van der Waals surface area (Å²) in [6.07, 6.45) is 23.0. The topological polar surface area (TPSA) is 109 Å². The van der Waals surface area contributed by atoms with Crippen LogP contribution in [0.4, 0.5) is 5.69 Å². The van der Waals surface area contributed by atoms with Gasteiger partial charge in [-0.1, -0.05) is 56.7 Å². The molecule has 9 fully saturated rings. The first-order chi connectivity index (χ1) is 25.7. The van der Waals surface area contributed by atoms with Crippen molar-refractivity contribution in [2.45, 2.75) is 159 Å². The summed E-state index contributed by atoms with van der Waals surface area (Å²) in [5.74, 6) is 5.36. The van der Waals surface area contributed by atoms with Gasteiger partial charge in [-0.15, -0.1) is 0 Å². The molecule has 8 N–H and O–H groups in total.